The highest BCUT2D eigenvalue weighted by Gasteiger charge is 2.27. The quantitative estimate of drug-likeness (QED) is 0.724. The molecule has 1 saturated heterocycles. The minimum Gasteiger partial charge on any atom is -0.368 e. The molecule has 1 aliphatic heterocycles. The number of aryl methyl sites for hydroxylation is 1. The molecule has 29 heavy (non-hydrogen) atoms. The number of hydrogen-bond donors (Lipinski definition) is 0. The summed E-state index contributed by atoms with van der Waals surface area (Å²) in [6, 6.07) is 13.1. The van der Waals surface area contributed by atoms with E-state index < -0.39 is 10.0 Å². The molecule has 0 N–H and O–H groups in total. The molecule has 1 heterocycles. The Kier molecular flexibility index (Phi) is 6.39. The van der Waals surface area contributed by atoms with E-state index in [0.717, 1.165) is 23.1 Å². The van der Waals surface area contributed by atoms with Crippen LogP contribution in [0.1, 0.15) is 11.1 Å². The lowest BCUT2D eigenvalue weighted by Crippen LogP contribution is -2.52. The minimum atomic E-state index is -3.59. The van der Waals surface area contributed by atoms with Gasteiger partial charge in [-0.3, -0.25) is 9.10 Å². The minimum absolute atomic E-state index is 0.193. The third-order valence-corrected chi connectivity index (χ3v) is 6.69. The Labute approximate surface area is 177 Å². The molecular weight excluding hydrogens is 410 g/mol. The Balaban J connectivity index is 1.71. The number of piperazine rings is 1. The van der Waals surface area contributed by atoms with Crippen LogP contribution >= 0.6 is 11.6 Å². The summed E-state index contributed by atoms with van der Waals surface area (Å²) >= 11 is 6.07. The van der Waals surface area contributed by atoms with E-state index in [0.29, 0.717) is 36.9 Å². The first-order chi connectivity index (χ1) is 13.7. The van der Waals surface area contributed by atoms with E-state index in [-0.39, 0.29) is 12.5 Å². The number of carbonyl (C=O) groups excluding carboxylic acids is 1. The molecule has 156 valence electrons. The molecule has 0 aliphatic carbocycles. The van der Waals surface area contributed by atoms with Gasteiger partial charge in [0.25, 0.3) is 0 Å². The third kappa shape index (κ3) is 5.03. The van der Waals surface area contributed by atoms with Gasteiger partial charge in [0.15, 0.2) is 0 Å². The molecule has 0 unspecified atom stereocenters. The summed E-state index contributed by atoms with van der Waals surface area (Å²) in [4.78, 5) is 16.8. The van der Waals surface area contributed by atoms with Gasteiger partial charge in [0.05, 0.1) is 11.9 Å². The molecule has 2 aromatic carbocycles. The van der Waals surface area contributed by atoms with Gasteiger partial charge in [0.2, 0.25) is 15.9 Å². The van der Waals surface area contributed by atoms with Gasteiger partial charge in [-0.25, -0.2) is 8.42 Å². The average Bonchev–Trinajstić information content (AvgIpc) is 2.68. The molecule has 0 spiro atoms. The highest BCUT2D eigenvalue weighted by atomic mass is 35.5. The van der Waals surface area contributed by atoms with Gasteiger partial charge >= 0.3 is 0 Å². The van der Waals surface area contributed by atoms with Gasteiger partial charge in [0, 0.05) is 36.9 Å². The summed E-state index contributed by atoms with van der Waals surface area (Å²) in [7, 11) is -3.59. The Morgan fingerprint density at radius 3 is 2.34 bits per heavy atom. The molecule has 8 heteroatoms. The molecule has 2 aromatic rings. The van der Waals surface area contributed by atoms with E-state index in [1.807, 2.05) is 50.2 Å². The number of benzene rings is 2. The van der Waals surface area contributed by atoms with Crippen molar-refractivity contribution in [2.75, 3.05) is 48.2 Å². The van der Waals surface area contributed by atoms with E-state index in [4.69, 9.17) is 11.6 Å². The summed E-state index contributed by atoms with van der Waals surface area (Å²) in [6.45, 7) is 6.03. The maximum absolute atomic E-state index is 12.9. The predicted octanol–water partition coefficient (Wildman–Crippen LogP) is 3.07. The Morgan fingerprint density at radius 1 is 1.07 bits per heavy atom. The summed E-state index contributed by atoms with van der Waals surface area (Å²) < 4.78 is 26.0. The number of hydrogen-bond acceptors (Lipinski definition) is 4. The smallest absolute Gasteiger partial charge is 0.243 e. The van der Waals surface area contributed by atoms with Crippen LogP contribution < -0.4 is 9.21 Å². The number of carbonyl (C=O) groups is 1. The van der Waals surface area contributed by atoms with E-state index in [1.54, 1.807) is 11.0 Å². The van der Waals surface area contributed by atoms with Crippen LogP contribution in [0, 0.1) is 13.8 Å². The average molecular weight is 436 g/mol. The van der Waals surface area contributed by atoms with Crippen molar-refractivity contribution in [3.63, 3.8) is 0 Å². The van der Waals surface area contributed by atoms with E-state index in [1.165, 1.54) is 4.31 Å². The zero-order valence-electron chi connectivity index (χ0n) is 16.9. The molecule has 0 saturated carbocycles. The predicted molar refractivity (Wildman–Crippen MR) is 118 cm³/mol. The number of halogens is 1. The molecular formula is C21H26ClN3O3S. The first kappa shape index (κ1) is 21.5. The van der Waals surface area contributed by atoms with Crippen LogP contribution in [0.3, 0.4) is 0 Å². The van der Waals surface area contributed by atoms with Crippen LogP contribution in [-0.4, -0.2) is 58.2 Å². The van der Waals surface area contributed by atoms with E-state index in [2.05, 4.69) is 4.90 Å². The van der Waals surface area contributed by atoms with Crippen LogP contribution in [-0.2, 0) is 14.8 Å². The SMILES string of the molecule is Cc1cccc(N(CC(=O)N2CCN(c3cccc(Cl)c3)CC2)S(C)(=O)=O)c1C. The van der Waals surface area contributed by atoms with Gasteiger partial charge in [-0.1, -0.05) is 29.8 Å². The number of amides is 1. The molecule has 0 aromatic heterocycles. The Bertz CT molecular complexity index is 1000. The fraction of sp³-hybridized carbons (Fsp3) is 0.381. The van der Waals surface area contributed by atoms with Gasteiger partial charge in [-0.05, 0) is 49.2 Å². The van der Waals surface area contributed by atoms with Crippen LogP contribution in [0.25, 0.3) is 0 Å². The molecule has 6 nitrogen and oxygen atoms in total. The number of nitrogens with zero attached hydrogens (tertiary/aromatic N) is 3. The second-order valence-electron chi connectivity index (χ2n) is 7.34. The third-order valence-electron chi connectivity index (χ3n) is 5.33. The fourth-order valence-electron chi connectivity index (χ4n) is 3.50. The molecule has 0 atom stereocenters. The normalized spacial score (nSPS) is 14.8. The summed E-state index contributed by atoms with van der Waals surface area (Å²) in [6.07, 6.45) is 1.14. The zero-order chi connectivity index (χ0) is 21.2. The van der Waals surface area contributed by atoms with Gasteiger partial charge < -0.3 is 9.80 Å². The lowest BCUT2D eigenvalue weighted by Gasteiger charge is -2.37. The molecule has 0 radical (unpaired) electrons. The summed E-state index contributed by atoms with van der Waals surface area (Å²) in [5.41, 5.74) is 3.42. The second-order valence-corrected chi connectivity index (χ2v) is 9.68. The van der Waals surface area contributed by atoms with Crippen LogP contribution in [0.5, 0.6) is 0 Å². The van der Waals surface area contributed by atoms with Crippen molar-refractivity contribution in [1.29, 1.82) is 0 Å². The van der Waals surface area contributed by atoms with E-state index >= 15 is 0 Å². The monoisotopic (exact) mass is 435 g/mol. The zero-order valence-corrected chi connectivity index (χ0v) is 18.5. The molecule has 1 aliphatic rings. The number of rotatable bonds is 5. The lowest BCUT2D eigenvalue weighted by molar-refractivity contribution is -0.129. The number of anilines is 2. The van der Waals surface area contributed by atoms with Gasteiger partial charge in [-0.15, -0.1) is 0 Å². The van der Waals surface area contributed by atoms with Crippen molar-refractivity contribution in [1.82, 2.24) is 4.90 Å². The highest BCUT2D eigenvalue weighted by molar-refractivity contribution is 7.92. The van der Waals surface area contributed by atoms with Gasteiger partial charge in [-0.2, -0.15) is 0 Å². The Morgan fingerprint density at radius 2 is 1.72 bits per heavy atom. The van der Waals surface area contributed by atoms with Crippen LogP contribution in [0.15, 0.2) is 42.5 Å². The van der Waals surface area contributed by atoms with Crippen LogP contribution in [0.4, 0.5) is 11.4 Å². The highest BCUT2D eigenvalue weighted by Crippen LogP contribution is 2.25. The molecule has 1 fully saturated rings. The van der Waals surface area contributed by atoms with E-state index in [9.17, 15) is 13.2 Å². The molecule has 1 amide bonds. The summed E-state index contributed by atoms with van der Waals surface area (Å²) in [5, 5.41) is 0.679. The largest absolute Gasteiger partial charge is 0.368 e. The van der Waals surface area contributed by atoms with Crippen molar-refractivity contribution in [3.05, 3.63) is 58.6 Å². The van der Waals surface area contributed by atoms with Gasteiger partial charge in [0.1, 0.15) is 6.54 Å². The van der Waals surface area contributed by atoms with Crippen molar-refractivity contribution < 1.29 is 13.2 Å². The standard InChI is InChI=1S/C21H26ClN3O3S/c1-16-6-4-9-20(17(16)2)25(29(3,27)28)15-21(26)24-12-10-23(11-13-24)19-8-5-7-18(22)14-19/h4-9,14H,10-13,15H2,1-3H3. The Hall–Kier alpha value is -2.25. The second kappa shape index (κ2) is 8.63. The maximum atomic E-state index is 12.9. The van der Waals surface area contributed by atoms with Crippen molar-refractivity contribution in [3.8, 4) is 0 Å². The topological polar surface area (TPSA) is 60.9 Å². The molecule has 3 rings (SSSR count). The lowest BCUT2D eigenvalue weighted by atomic mass is 10.1. The molecule has 0 bridgehead atoms. The summed E-state index contributed by atoms with van der Waals surface area (Å²) in [5.74, 6) is -0.193. The van der Waals surface area contributed by atoms with Crippen molar-refractivity contribution in [2.45, 2.75) is 13.8 Å². The first-order valence-electron chi connectivity index (χ1n) is 9.49. The maximum Gasteiger partial charge on any atom is 0.243 e. The fourth-order valence-corrected chi connectivity index (χ4v) is 4.58. The first-order valence-corrected chi connectivity index (χ1v) is 11.7. The van der Waals surface area contributed by atoms with Crippen LogP contribution in [0.2, 0.25) is 5.02 Å². The van der Waals surface area contributed by atoms with Crippen molar-refractivity contribution >= 4 is 38.9 Å². The van der Waals surface area contributed by atoms with Crippen molar-refractivity contribution in [2.24, 2.45) is 0 Å². The number of sulfonamides is 1.